The summed E-state index contributed by atoms with van der Waals surface area (Å²) in [5.74, 6) is 0.837. The van der Waals surface area contributed by atoms with E-state index in [-0.39, 0.29) is 11.7 Å². The number of carbonyl (C=O) groups excluding carboxylic acids is 1. The number of nitrogens with zero attached hydrogens (tertiary/aromatic N) is 2. The molecule has 3 aromatic rings. The first kappa shape index (κ1) is 18.5. The van der Waals surface area contributed by atoms with Crippen molar-refractivity contribution in [3.05, 3.63) is 59.1 Å². The third-order valence-corrected chi connectivity index (χ3v) is 4.85. The molecular weight excluding hydrogens is 370 g/mol. The van der Waals surface area contributed by atoms with Crippen molar-refractivity contribution < 1.29 is 9.21 Å². The van der Waals surface area contributed by atoms with Gasteiger partial charge in [-0.2, -0.15) is 0 Å². The molecule has 0 bridgehead atoms. The average molecular weight is 388 g/mol. The fourth-order valence-corrected chi connectivity index (χ4v) is 3.07. The number of amides is 1. The minimum absolute atomic E-state index is 0.134. The molecule has 26 heavy (non-hydrogen) atoms. The Bertz CT molecular complexity index is 894. The number of thioether (sulfide) groups is 1. The number of hydrogen-bond donors (Lipinski definition) is 1. The van der Waals surface area contributed by atoms with Gasteiger partial charge in [-0.05, 0) is 35.7 Å². The van der Waals surface area contributed by atoms with E-state index in [1.165, 1.54) is 17.3 Å². The predicted molar refractivity (Wildman–Crippen MR) is 105 cm³/mol. The highest BCUT2D eigenvalue weighted by atomic mass is 35.5. The normalized spacial score (nSPS) is 10.9. The van der Waals surface area contributed by atoms with Crippen molar-refractivity contribution >= 4 is 35.0 Å². The zero-order chi connectivity index (χ0) is 18.5. The summed E-state index contributed by atoms with van der Waals surface area (Å²) in [6.07, 6.45) is 0. The highest BCUT2D eigenvalue weighted by molar-refractivity contribution is 7.99. The van der Waals surface area contributed by atoms with Crippen molar-refractivity contribution in [2.45, 2.75) is 25.0 Å². The molecule has 7 heteroatoms. The summed E-state index contributed by atoms with van der Waals surface area (Å²) < 4.78 is 5.57. The van der Waals surface area contributed by atoms with Crippen LogP contribution in [0, 0.1) is 0 Å². The summed E-state index contributed by atoms with van der Waals surface area (Å²) >= 11 is 7.30. The first-order valence-corrected chi connectivity index (χ1v) is 9.50. The highest BCUT2D eigenvalue weighted by Crippen LogP contribution is 2.28. The maximum atomic E-state index is 12.1. The lowest BCUT2D eigenvalue weighted by Crippen LogP contribution is -2.14. The van der Waals surface area contributed by atoms with E-state index in [9.17, 15) is 4.79 Å². The summed E-state index contributed by atoms with van der Waals surface area (Å²) in [5.41, 5.74) is 2.67. The van der Waals surface area contributed by atoms with Gasteiger partial charge >= 0.3 is 0 Å². The summed E-state index contributed by atoms with van der Waals surface area (Å²) in [4.78, 5) is 12.1. The molecule has 0 aliphatic carbocycles. The molecule has 0 saturated heterocycles. The molecular formula is C19H18ClN3O2S. The van der Waals surface area contributed by atoms with Gasteiger partial charge in [0.05, 0.1) is 16.3 Å². The SMILES string of the molecule is CC(C)c1ccc(NC(=O)CSc2nnc(-c3ccccc3Cl)o2)cc1. The van der Waals surface area contributed by atoms with Gasteiger partial charge in [-0.3, -0.25) is 4.79 Å². The van der Waals surface area contributed by atoms with Crippen molar-refractivity contribution in [2.24, 2.45) is 0 Å². The van der Waals surface area contributed by atoms with Gasteiger partial charge in [0.15, 0.2) is 0 Å². The second-order valence-electron chi connectivity index (χ2n) is 5.97. The quantitative estimate of drug-likeness (QED) is 0.585. The van der Waals surface area contributed by atoms with Crippen LogP contribution in [0.5, 0.6) is 0 Å². The van der Waals surface area contributed by atoms with Crippen LogP contribution in [-0.4, -0.2) is 21.9 Å². The van der Waals surface area contributed by atoms with Crippen LogP contribution in [0.25, 0.3) is 11.5 Å². The Morgan fingerprint density at radius 1 is 1.15 bits per heavy atom. The van der Waals surface area contributed by atoms with E-state index >= 15 is 0 Å². The van der Waals surface area contributed by atoms with E-state index in [1.807, 2.05) is 36.4 Å². The zero-order valence-corrected chi connectivity index (χ0v) is 16.0. The fourth-order valence-electron chi connectivity index (χ4n) is 2.29. The van der Waals surface area contributed by atoms with E-state index < -0.39 is 0 Å². The molecule has 2 aromatic carbocycles. The topological polar surface area (TPSA) is 68.0 Å². The number of nitrogens with one attached hydrogen (secondary N) is 1. The van der Waals surface area contributed by atoms with Crippen LogP contribution in [-0.2, 0) is 4.79 Å². The molecule has 1 heterocycles. The average Bonchev–Trinajstić information content (AvgIpc) is 3.09. The zero-order valence-electron chi connectivity index (χ0n) is 14.4. The van der Waals surface area contributed by atoms with Gasteiger partial charge in [-0.1, -0.05) is 61.5 Å². The Labute approximate surface area is 161 Å². The number of benzene rings is 2. The maximum Gasteiger partial charge on any atom is 0.277 e. The summed E-state index contributed by atoms with van der Waals surface area (Å²) in [6.45, 7) is 4.26. The molecule has 1 amide bonds. The van der Waals surface area contributed by atoms with Crippen LogP contribution in [0.1, 0.15) is 25.3 Å². The highest BCUT2D eigenvalue weighted by Gasteiger charge is 2.13. The van der Waals surface area contributed by atoms with E-state index in [1.54, 1.807) is 12.1 Å². The van der Waals surface area contributed by atoms with Crippen molar-refractivity contribution in [2.75, 3.05) is 11.1 Å². The number of carbonyl (C=O) groups is 1. The molecule has 5 nitrogen and oxygen atoms in total. The van der Waals surface area contributed by atoms with Gasteiger partial charge < -0.3 is 9.73 Å². The predicted octanol–water partition coefficient (Wildman–Crippen LogP) is 5.24. The van der Waals surface area contributed by atoms with Gasteiger partial charge in [0, 0.05) is 5.69 Å². The van der Waals surface area contributed by atoms with E-state index in [0.29, 0.717) is 27.6 Å². The van der Waals surface area contributed by atoms with E-state index in [4.69, 9.17) is 16.0 Å². The van der Waals surface area contributed by atoms with E-state index in [0.717, 1.165) is 5.69 Å². The van der Waals surface area contributed by atoms with Crippen LogP contribution in [0.2, 0.25) is 5.02 Å². The Kier molecular flexibility index (Phi) is 5.96. The van der Waals surface area contributed by atoms with Crippen LogP contribution in [0.3, 0.4) is 0 Å². The molecule has 1 aromatic heterocycles. The van der Waals surface area contributed by atoms with Crippen molar-refractivity contribution in [3.8, 4) is 11.5 Å². The second kappa shape index (κ2) is 8.38. The lowest BCUT2D eigenvalue weighted by atomic mass is 10.0. The van der Waals surface area contributed by atoms with Gasteiger partial charge in [0.25, 0.3) is 5.22 Å². The minimum atomic E-state index is -0.134. The standard InChI is InChI=1S/C19H18ClN3O2S/c1-12(2)13-7-9-14(10-8-13)21-17(24)11-26-19-23-22-18(25-19)15-5-3-4-6-16(15)20/h3-10,12H,11H2,1-2H3,(H,21,24). The molecule has 1 N–H and O–H groups in total. The molecule has 0 fully saturated rings. The Morgan fingerprint density at radius 3 is 2.58 bits per heavy atom. The summed E-state index contributed by atoms with van der Waals surface area (Å²) in [7, 11) is 0. The molecule has 0 aliphatic heterocycles. The first-order chi connectivity index (χ1) is 12.5. The number of aromatic nitrogens is 2. The molecule has 0 atom stereocenters. The Hall–Kier alpha value is -2.31. The Morgan fingerprint density at radius 2 is 1.88 bits per heavy atom. The number of rotatable bonds is 6. The maximum absolute atomic E-state index is 12.1. The largest absolute Gasteiger partial charge is 0.411 e. The molecule has 0 spiro atoms. The van der Waals surface area contributed by atoms with Gasteiger partial charge in [0.1, 0.15) is 0 Å². The number of hydrogen-bond acceptors (Lipinski definition) is 5. The third kappa shape index (κ3) is 4.65. The summed E-state index contributed by atoms with van der Waals surface area (Å²) in [5, 5.41) is 11.6. The monoisotopic (exact) mass is 387 g/mol. The minimum Gasteiger partial charge on any atom is -0.411 e. The molecule has 0 unspecified atom stereocenters. The van der Waals surface area contributed by atoms with Gasteiger partial charge in [0.2, 0.25) is 11.8 Å². The van der Waals surface area contributed by atoms with E-state index in [2.05, 4.69) is 29.4 Å². The number of halogens is 1. The van der Waals surface area contributed by atoms with Crippen LogP contribution >= 0.6 is 23.4 Å². The third-order valence-electron chi connectivity index (χ3n) is 3.70. The van der Waals surface area contributed by atoms with Crippen LogP contribution in [0.15, 0.2) is 58.2 Å². The van der Waals surface area contributed by atoms with Crippen molar-refractivity contribution in [3.63, 3.8) is 0 Å². The summed E-state index contributed by atoms with van der Waals surface area (Å²) in [6, 6.07) is 15.1. The molecule has 0 saturated carbocycles. The molecule has 0 aliphatic rings. The Balaban J connectivity index is 1.56. The second-order valence-corrected chi connectivity index (χ2v) is 7.30. The van der Waals surface area contributed by atoms with Crippen LogP contribution in [0.4, 0.5) is 5.69 Å². The van der Waals surface area contributed by atoms with Crippen molar-refractivity contribution in [1.29, 1.82) is 0 Å². The lowest BCUT2D eigenvalue weighted by Gasteiger charge is -2.07. The first-order valence-electron chi connectivity index (χ1n) is 8.14. The van der Waals surface area contributed by atoms with Gasteiger partial charge in [-0.15, -0.1) is 10.2 Å². The van der Waals surface area contributed by atoms with Crippen molar-refractivity contribution in [1.82, 2.24) is 10.2 Å². The smallest absolute Gasteiger partial charge is 0.277 e. The van der Waals surface area contributed by atoms with Gasteiger partial charge in [-0.25, -0.2) is 0 Å². The molecule has 0 radical (unpaired) electrons. The molecule has 134 valence electrons. The molecule has 3 rings (SSSR count). The fraction of sp³-hybridized carbons (Fsp3) is 0.211. The number of anilines is 1. The lowest BCUT2D eigenvalue weighted by molar-refractivity contribution is -0.113. The van der Waals surface area contributed by atoms with Crippen LogP contribution < -0.4 is 5.32 Å².